The Morgan fingerprint density at radius 3 is 2.68 bits per heavy atom. The van der Waals surface area contributed by atoms with Gasteiger partial charge in [-0.15, -0.1) is 0 Å². The van der Waals surface area contributed by atoms with E-state index in [0.717, 1.165) is 11.3 Å². The molecule has 5 nitrogen and oxygen atoms in total. The smallest absolute Gasteiger partial charge is 0.191 e. The summed E-state index contributed by atoms with van der Waals surface area (Å²) < 4.78 is 19.2. The number of hydrogen-bond acceptors (Lipinski definition) is 3. The van der Waals surface area contributed by atoms with Crippen LogP contribution in [-0.2, 0) is 6.54 Å². The molecule has 1 unspecified atom stereocenters. The van der Waals surface area contributed by atoms with Gasteiger partial charge in [0.15, 0.2) is 17.5 Å². The summed E-state index contributed by atoms with van der Waals surface area (Å²) in [5.41, 5.74) is 1.80. The number of aryl methyl sites for hydroxylation is 1. The van der Waals surface area contributed by atoms with Crippen LogP contribution in [0.3, 0.4) is 0 Å². The molecule has 0 aliphatic carbocycles. The van der Waals surface area contributed by atoms with Crippen LogP contribution < -0.4 is 15.4 Å². The van der Waals surface area contributed by atoms with Gasteiger partial charge in [-0.1, -0.05) is 24.3 Å². The van der Waals surface area contributed by atoms with Gasteiger partial charge >= 0.3 is 0 Å². The van der Waals surface area contributed by atoms with Crippen molar-refractivity contribution in [1.29, 1.82) is 0 Å². The van der Waals surface area contributed by atoms with E-state index in [-0.39, 0.29) is 11.9 Å². The minimum Gasteiger partial charge on any atom is -0.505 e. The fourth-order valence-corrected chi connectivity index (χ4v) is 2.25. The number of guanidine groups is 1. The molecule has 0 saturated heterocycles. The molecule has 2 rings (SSSR count). The average Bonchev–Trinajstić information content (AvgIpc) is 2.60. The normalized spacial score (nSPS) is 12.6. The summed E-state index contributed by atoms with van der Waals surface area (Å²) in [7, 11) is 1.67. The molecule has 0 heterocycles. The minimum atomic E-state index is -0.637. The quantitative estimate of drug-likeness (QED) is 0.556. The third kappa shape index (κ3) is 5.67. The number of aliphatic imine (C=N–C) groups is 1. The van der Waals surface area contributed by atoms with Gasteiger partial charge in [-0.3, -0.25) is 4.99 Å². The number of nitrogens with zero attached hydrogens (tertiary/aromatic N) is 1. The van der Waals surface area contributed by atoms with Gasteiger partial charge in [0.25, 0.3) is 0 Å². The molecule has 0 aliphatic rings. The van der Waals surface area contributed by atoms with Gasteiger partial charge in [-0.25, -0.2) is 4.39 Å². The highest BCUT2D eigenvalue weighted by molar-refractivity contribution is 5.79. The Morgan fingerprint density at radius 1 is 1.24 bits per heavy atom. The van der Waals surface area contributed by atoms with Crippen LogP contribution in [0, 0.1) is 12.7 Å². The zero-order valence-electron chi connectivity index (χ0n) is 14.7. The van der Waals surface area contributed by atoms with Gasteiger partial charge in [0.1, 0.15) is 11.9 Å². The summed E-state index contributed by atoms with van der Waals surface area (Å²) in [4.78, 5) is 4.14. The summed E-state index contributed by atoms with van der Waals surface area (Å²) in [6.45, 7) is 4.94. The van der Waals surface area contributed by atoms with Crippen molar-refractivity contribution in [2.75, 3.05) is 13.6 Å². The lowest BCUT2D eigenvalue weighted by Gasteiger charge is -2.18. The topological polar surface area (TPSA) is 65.9 Å². The Balaban J connectivity index is 1.81. The first-order valence-corrected chi connectivity index (χ1v) is 8.13. The monoisotopic (exact) mass is 345 g/mol. The molecular formula is C19H24FN3O2. The van der Waals surface area contributed by atoms with Crippen LogP contribution >= 0.6 is 0 Å². The SMILES string of the molecule is CN=C(NCc1ccc(O)c(F)c1)NCC(C)Oc1ccccc1C. The molecular weight excluding hydrogens is 321 g/mol. The number of halogens is 1. The third-order valence-electron chi connectivity index (χ3n) is 3.67. The van der Waals surface area contributed by atoms with E-state index in [0.29, 0.717) is 24.6 Å². The number of nitrogens with one attached hydrogen (secondary N) is 2. The Labute approximate surface area is 147 Å². The zero-order valence-corrected chi connectivity index (χ0v) is 14.7. The highest BCUT2D eigenvalue weighted by atomic mass is 19.1. The van der Waals surface area contributed by atoms with E-state index in [2.05, 4.69) is 15.6 Å². The summed E-state index contributed by atoms with van der Waals surface area (Å²) in [5.74, 6) is 0.462. The van der Waals surface area contributed by atoms with Gasteiger partial charge in [-0.2, -0.15) is 0 Å². The maximum Gasteiger partial charge on any atom is 0.191 e. The molecule has 6 heteroatoms. The molecule has 3 N–H and O–H groups in total. The molecule has 0 fully saturated rings. The fraction of sp³-hybridized carbons (Fsp3) is 0.316. The number of rotatable bonds is 6. The second-order valence-electron chi connectivity index (χ2n) is 5.79. The average molecular weight is 345 g/mol. The lowest BCUT2D eigenvalue weighted by molar-refractivity contribution is 0.222. The molecule has 1 atom stereocenters. The lowest BCUT2D eigenvalue weighted by atomic mass is 10.2. The number of phenols is 1. The molecule has 0 spiro atoms. The van der Waals surface area contributed by atoms with Gasteiger partial charge in [0.2, 0.25) is 0 Å². The van der Waals surface area contributed by atoms with Gasteiger partial charge in [0.05, 0.1) is 6.54 Å². The van der Waals surface area contributed by atoms with E-state index in [1.165, 1.54) is 12.1 Å². The zero-order chi connectivity index (χ0) is 18.2. The van der Waals surface area contributed by atoms with E-state index in [1.807, 2.05) is 38.1 Å². The number of phenolic OH excluding ortho intramolecular Hbond substituents is 1. The highest BCUT2D eigenvalue weighted by Gasteiger charge is 2.08. The molecule has 134 valence electrons. The van der Waals surface area contributed by atoms with E-state index in [4.69, 9.17) is 4.74 Å². The Bertz CT molecular complexity index is 734. The first-order valence-electron chi connectivity index (χ1n) is 8.13. The van der Waals surface area contributed by atoms with E-state index < -0.39 is 5.82 Å². The summed E-state index contributed by atoms with van der Waals surface area (Å²) in [6.07, 6.45) is -0.0502. The minimum absolute atomic E-state index is 0.0502. The van der Waals surface area contributed by atoms with Crippen LogP contribution in [0.5, 0.6) is 11.5 Å². The van der Waals surface area contributed by atoms with Crippen molar-refractivity contribution in [3.05, 3.63) is 59.4 Å². The van der Waals surface area contributed by atoms with E-state index in [9.17, 15) is 9.50 Å². The molecule has 0 amide bonds. The van der Waals surface area contributed by atoms with E-state index in [1.54, 1.807) is 13.1 Å². The highest BCUT2D eigenvalue weighted by Crippen LogP contribution is 2.17. The first-order chi connectivity index (χ1) is 12.0. The van der Waals surface area contributed by atoms with Crippen LogP contribution in [0.25, 0.3) is 0 Å². The number of aromatic hydroxyl groups is 1. The van der Waals surface area contributed by atoms with Crippen molar-refractivity contribution in [3.63, 3.8) is 0 Å². The van der Waals surface area contributed by atoms with Crippen LogP contribution in [0.2, 0.25) is 0 Å². The molecule has 0 aromatic heterocycles. The van der Waals surface area contributed by atoms with Crippen molar-refractivity contribution < 1.29 is 14.2 Å². The van der Waals surface area contributed by atoms with E-state index >= 15 is 0 Å². The summed E-state index contributed by atoms with van der Waals surface area (Å²) >= 11 is 0. The van der Waals surface area contributed by atoms with Crippen LogP contribution in [-0.4, -0.2) is 30.8 Å². The van der Waals surface area contributed by atoms with Gasteiger partial charge in [-0.05, 0) is 43.2 Å². The first kappa shape index (κ1) is 18.6. The van der Waals surface area contributed by atoms with Crippen molar-refractivity contribution in [2.45, 2.75) is 26.5 Å². The van der Waals surface area contributed by atoms with Crippen molar-refractivity contribution in [3.8, 4) is 11.5 Å². The Morgan fingerprint density at radius 2 is 2.00 bits per heavy atom. The number of benzene rings is 2. The van der Waals surface area contributed by atoms with Crippen LogP contribution in [0.15, 0.2) is 47.5 Å². The molecule has 0 bridgehead atoms. The second-order valence-corrected chi connectivity index (χ2v) is 5.79. The van der Waals surface area contributed by atoms with Crippen molar-refractivity contribution in [1.82, 2.24) is 10.6 Å². The fourth-order valence-electron chi connectivity index (χ4n) is 2.25. The third-order valence-corrected chi connectivity index (χ3v) is 3.67. The standard InChI is InChI=1S/C19H24FN3O2/c1-13-6-4-5-7-18(13)25-14(2)11-22-19(21-3)23-12-15-8-9-17(24)16(20)10-15/h4-10,14,24H,11-12H2,1-3H3,(H2,21,22,23). The molecule has 25 heavy (non-hydrogen) atoms. The summed E-state index contributed by atoms with van der Waals surface area (Å²) in [6, 6.07) is 12.1. The molecule has 2 aromatic carbocycles. The molecule has 2 aromatic rings. The number of hydrogen-bond donors (Lipinski definition) is 3. The van der Waals surface area contributed by atoms with Crippen molar-refractivity contribution >= 4 is 5.96 Å². The second kappa shape index (κ2) is 8.92. The molecule has 0 aliphatic heterocycles. The van der Waals surface area contributed by atoms with Gasteiger partial charge < -0.3 is 20.5 Å². The maximum absolute atomic E-state index is 13.3. The predicted molar refractivity (Wildman–Crippen MR) is 97.5 cm³/mol. The molecule has 0 radical (unpaired) electrons. The van der Waals surface area contributed by atoms with Crippen LogP contribution in [0.4, 0.5) is 4.39 Å². The predicted octanol–water partition coefficient (Wildman–Crippen LogP) is 2.97. The lowest BCUT2D eigenvalue weighted by Crippen LogP contribution is -2.41. The van der Waals surface area contributed by atoms with Crippen molar-refractivity contribution in [2.24, 2.45) is 4.99 Å². The Hall–Kier alpha value is -2.76. The molecule has 0 saturated carbocycles. The van der Waals surface area contributed by atoms with Crippen LogP contribution in [0.1, 0.15) is 18.1 Å². The largest absolute Gasteiger partial charge is 0.505 e. The maximum atomic E-state index is 13.3. The summed E-state index contributed by atoms with van der Waals surface area (Å²) in [5, 5.41) is 15.5. The van der Waals surface area contributed by atoms with Gasteiger partial charge in [0, 0.05) is 13.6 Å². The number of ether oxygens (including phenoxy) is 1. The number of para-hydroxylation sites is 1. The Kier molecular flexibility index (Phi) is 6.62.